The van der Waals surface area contributed by atoms with E-state index in [9.17, 15) is 0 Å². The quantitative estimate of drug-likeness (QED) is 0.674. The lowest BCUT2D eigenvalue weighted by atomic mass is 10.3. The zero-order chi connectivity index (χ0) is 14.8. The van der Waals surface area contributed by atoms with E-state index in [1.165, 1.54) is 0 Å². The second kappa shape index (κ2) is 6.03. The Labute approximate surface area is 132 Å². The van der Waals surface area contributed by atoms with Crippen LogP contribution in [0.5, 0.6) is 5.75 Å². The number of imidazole rings is 1. The van der Waals surface area contributed by atoms with E-state index in [4.69, 9.17) is 21.3 Å². The van der Waals surface area contributed by atoms with E-state index < -0.39 is 0 Å². The Kier molecular flexibility index (Phi) is 4.12. The standard InChI is InChI=1S/C15H16ClN3OS/c1-10-9-21-14(17-10)8-19-11-4-3-5-12(20-2)15(11)18-13(19)6-7-16/h3-5,9H,6-8H2,1-2H3. The zero-order valence-electron chi connectivity index (χ0n) is 12.0. The van der Waals surface area contributed by atoms with E-state index in [1.54, 1.807) is 18.4 Å². The number of nitrogens with zero attached hydrogens (tertiary/aromatic N) is 3. The van der Waals surface area contributed by atoms with Crippen molar-refractivity contribution >= 4 is 34.0 Å². The topological polar surface area (TPSA) is 39.9 Å². The third kappa shape index (κ3) is 2.76. The van der Waals surface area contributed by atoms with Crippen molar-refractivity contribution in [3.8, 4) is 5.75 Å². The van der Waals surface area contributed by atoms with Crippen LogP contribution in [-0.2, 0) is 13.0 Å². The van der Waals surface area contributed by atoms with Crippen molar-refractivity contribution in [1.82, 2.24) is 14.5 Å². The van der Waals surface area contributed by atoms with Gasteiger partial charge in [0.1, 0.15) is 22.1 Å². The number of aromatic nitrogens is 3. The van der Waals surface area contributed by atoms with Gasteiger partial charge in [0.2, 0.25) is 0 Å². The van der Waals surface area contributed by atoms with E-state index >= 15 is 0 Å². The van der Waals surface area contributed by atoms with Gasteiger partial charge in [0, 0.05) is 23.4 Å². The summed E-state index contributed by atoms with van der Waals surface area (Å²) < 4.78 is 7.59. The van der Waals surface area contributed by atoms with Crippen LogP contribution in [0.3, 0.4) is 0 Å². The predicted octanol–water partition coefficient (Wildman–Crippen LogP) is 3.64. The molecule has 4 nitrogen and oxygen atoms in total. The van der Waals surface area contributed by atoms with E-state index in [0.29, 0.717) is 12.4 Å². The van der Waals surface area contributed by atoms with Crippen molar-refractivity contribution in [2.24, 2.45) is 0 Å². The van der Waals surface area contributed by atoms with Crippen LogP contribution in [0.1, 0.15) is 16.5 Å². The Hall–Kier alpha value is -1.59. The van der Waals surface area contributed by atoms with Gasteiger partial charge in [-0.2, -0.15) is 0 Å². The molecule has 0 saturated carbocycles. The molecule has 0 aliphatic heterocycles. The summed E-state index contributed by atoms with van der Waals surface area (Å²) in [5.74, 6) is 2.30. The van der Waals surface area contributed by atoms with Crippen LogP contribution >= 0.6 is 22.9 Å². The lowest BCUT2D eigenvalue weighted by molar-refractivity contribution is 0.419. The number of thiazole rings is 1. The molecule has 110 valence electrons. The van der Waals surface area contributed by atoms with Gasteiger partial charge in [-0.3, -0.25) is 0 Å². The predicted molar refractivity (Wildman–Crippen MR) is 86.7 cm³/mol. The molecule has 0 fully saturated rings. The Morgan fingerprint density at radius 3 is 2.86 bits per heavy atom. The van der Waals surface area contributed by atoms with Gasteiger partial charge in [-0.25, -0.2) is 9.97 Å². The molecule has 0 radical (unpaired) electrons. The third-order valence-corrected chi connectivity index (χ3v) is 4.46. The first-order valence-electron chi connectivity index (χ1n) is 6.72. The summed E-state index contributed by atoms with van der Waals surface area (Å²) in [4.78, 5) is 9.25. The highest BCUT2D eigenvalue weighted by Crippen LogP contribution is 2.27. The van der Waals surface area contributed by atoms with Gasteiger partial charge in [-0.15, -0.1) is 22.9 Å². The number of benzene rings is 1. The van der Waals surface area contributed by atoms with Gasteiger partial charge in [0.05, 0.1) is 19.2 Å². The SMILES string of the molecule is COc1cccc2c1nc(CCCl)n2Cc1nc(C)cs1. The van der Waals surface area contributed by atoms with Crippen LogP contribution in [0.25, 0.3) is 11.0 Å². The molecule has 2 aromatic heterocycles. The summed E-state index contributed by atoms with van der Waals surface area (Å²) in [7, 11) is 1.67. The number of halogens is 1. The Morgan fingerprint density at radius 2 is 2.19 bits per heavy atom. The molecule has 6 heteroatoms. The second-order valence-corrected chi connectivity index (χ2v) is 6.08. The maximum absolute atomic E-state index is 5.92. The van der Waals surface area contributed by atoms with E-state index in [1.807, 2.05) is 19.1 Å². The molecule has 1 aromatic carbocycles. The molecule has 0 saturated heterocycles. The first-order valence-corrected chi connectivity index (χ1v) is 8.13. The van der Waals surface area contributed by atoms with Crippen molar-refractivity contribution in [2.45, 2.75) is 19.9 Å². The molecule has 0 unspecified atom stereocenters. The fourth-order valence-electron chi connectivity index (χ4n) is 2.40. The van der Waals surface area contributed by atoms with Crippen LogP contribution in [0.2, 0.25) is 0 Å². The Bertz CT molecular complexity index is 765. The average Bonchev–Trinajstić information content (AvgIpc) is 3.04. The average molecular weight is 322 g/mol. The van der Waals surface area contributed by atoms with Crippen LogP contribution in [0.15, 0.2) is 23.6 Å². The molecule has 0 N–H and O–H groups in total. The van der Waals surface area contributed by atoms with Gasteiger partial charge >= 0.3 is 0 Å². The molecule has 0 amide bonds. The molecule has 3 aromatic rings. The van der Waals surface area contributed by atoms with Crippen LogP contribution in [0.4, 0.5) is 0 Å². The highest BCUT2D eigenvalue weighted by Gasteiger charge is 2.15. The lowest BCUT2D eigenvalue weighted by Gasteiger charge is -2.06. The molecule has 0 bridgehead atoms. The third-order valence-electron chi connectivity index (χ3n) is 3.32. The summed E-state index contributed by atoms with van der Waals surface area (Å²) in [5.41, 5.74) is 2.99. The van der Waals surface area contributed by atoms with Gasteiger partial charge in [0.25, 0.3) is 0 Å². The zero-order valence-corrected chi connectivity index (χ0v) is 13.5. The molecule has 3 rings (SSSR count). The minimum Gasteiger partial charge on any atom is -0.494 e. The number of fused-ring (bicyclic) bond motifs is 1. The van der Waals surface area contributed by atoms with Crippen molar-refractivity contribution < 1.29 is 4.74 Å². The number of para-hydroxylation sites is 1. The monoisotopic (exact) mass is 321 g/mol. The fraction of sp³-hybridized carbons (Fsp3) is 0.333. The largest absolute Gasteiger partial charge is 0.494 e. The molecule has 21 heavy (non-hydrogen) atoms. The summed E-state index contributed by atoms with van der Waals surface area (Å²) in [6.45, 7) is 2.73. The van der Waals surface area contributed by atoms with Gasteiger partial charge in [-0.1, -0.05) is 6.07 Å². The highest BCUT2D eigenvalue weighted by molar-refractivity contribution is 7.09. The summed E-state index contributed by atoms with van der Waals surface area (Å²) in [6, 6.07) is 5.97. The van der Waals surface area contributed by atoms with E-state index in [-0.39, 0.29) is 0 Å². The normalized spacial score (nSPS) is 11.2. The van der Waals surface area contributed by atoms with Crippen molar-refractivity contribution in [3.63, 3.8) is 0 Å². The number of hydrogen-bond donors (Lipinski definition) is 0. The van der Waals surface area contributed by atoms with Crippen LogP contribution in [-0.4, -0.2) is 27.5 Å². The molecule has 0 spiro atoms. The highest BCUT2D eigenvalue weighted by atomic mass is 35.5. The molecule has 0 aliphatic rings. The molecular formula is C15H16ClN3OS. The number of rotatable bonds is 5. The Morgan fingerprint density at radius 1 is 1.33 bits per heavy atom. The first-order chi connectivity index (χ1) is 10.2. The smallest absolute Gasteiger partial charge is 0.146 e. The van der Waals surface area contributed by atoms with Gasteiger partial charge in [-0.05, 0) is 19.1 Å². The minimum absolute atomic E-state index is 0.544. The van der Waals surface area contributed by atoms with Crippen molar-refractivity contribution in [1.29, 1.82) is 0 Å². The number of hydrogen-bond acceptors (Lipinski definition) is 4. The maximum atomic E-state index is 5.92. The molecule has 2 heterocycles. The lowest BCUT2D eigenvalue weighted by Crippen LogP contribution is -2.05. The molecule has 0 atom stereocenters. The second-order valence-electron chi connectivity index (χ2n) is 4.76. The fourth-order valence-corrected chi connectivity index (χ4v) is 3.33. The van der Waals surface area contributed by atoms with Gasteiger partial charge < -0.3 is 9.30 Å². The molecule has 0 aliphatic carbocycles. The summed E-state index contributed by atoms with van der Waals surface area (Å²) >= 11 is 7.59. The van der Waals surface area contributed by atoms with Crippen molar-refractivity contribution in [3.05, 3.63) is 40.1 Å². The first kappa shape index (κ1) is 14.4. The molecular weight excluding hydrogens is 306 g/mol. The number of alkyl halides is 1. The van der Waals surface area contributed by atoms with Gasteiger partial charge in [0.15, 0.2) is 0 Å². The minimum atomic E-state index is 0.544. The summed E-state index contributed by atoms with van der Waals surface area (Å²) in [5, 5.41) is 3.14. The van der Waals surface area contributed by atoms with Crippen LogP contribution in [0, 0.1) is 6.92 Å². The van der Waals surface area contributed by atoms with E-state index in [0.717, 1.165) is 39.7 Å². The van der Waals surface area contributed by atoms with E-state index in [2.05, 4.69) is 21.0 Å². The summed E-state index contributed by atoms with van der Waals surface area (Å²) in [6.07, 6.45) is 0.726. The number of ether oxygens (including phenoxy) is 1. The van der Waals surface area contributed by atoms with Crippen molar-refractivity contribution in [2.75, 3.05) is 13.0 Å². The maximum Gasteiger partial charge on any atom is 0.146 e. The number of methoxy groups -OCH3 is 1. The Balaban J connectivity index is 2.11. The number of aryl methyl sites for hydroxylation is 2. The van der Waals surface area contributed by atoms with Crippen LogP contribution < -0.4 is 4.74 Å².